The standard InChI is InChI=1S/C68H118O6/c1-4-7-10-13-15-17-19-21-23-25-26-27-28-29-30-31-32-33-34-35-36-37-38-39-40-41-42-43-45-46-48-50-52-55-58-61-67(70)73-64-65(63-72-66(69)60-57-54-12-9-6-3)74-68(71)62-59-56-53-51-49-47-44-24-22-20-18-16-14-11-8-5-2/h7,10,15,17,21,23,26-27,29-30,32-33,35-36,65H,4-6,8-9,11-14,16,18-20,22,24-25,28,31,34,37-64H2,1-3H3/b10-7-,17-15-,23-21-,27-26-,30-29-,33-32-,36-35-. The van der Waals surface area contributed by atoms with Crippen LogP contribution in [0.3, 0.4) is 0 Å². The molecule has 6 nitrogen and oxygen atoms in total. The Morgan fingerprint density at radius 2 is 0.527 bits per heavy atom. The summed E-state index contributed by atoms with van der Waals surface area (Å²) in [5.41, 5.74) is 0. The predicted molar refractivity (Wildman–Crippen MR) is 321 cm³/mol. The third-order valence-corrected chi connectivity index (χ3v) is 13.7. The molecule has 0 aromatic carbocycles. The maximum Gasteiger partial charge on any atom is 0.306 e. The summed E-state index contributed by atoms with van der Waals surface area (Å²) >= 11 is 0. The van der Waals surface area contributed by atoms with Crippen LogP contribution in [-0.2, 0) is 28.6 Å². The van der Waals surface area contributed by atoms with Crippen molar-refractivity contribution < 1.29 is 28.6 Å². The van der Waals surface area contributed by atoms with Crippen LogP contribution in [0.5, 0.6) is 0 Å². The summed E-state index contributed by atoms with van der Waals surface area (Å²) < 4.78 is 16.8. The Kier molecular flexibility index (Phi) is 59.3. The van der Waals surface area contributed by atoms with Crippen LogP contribution in [0, 0.1) is 0 Å². The highest BCUT2D eigenvalue weighted by molar-refractivity contribution is 5.71. The number of unbranched alkanes of at least 4 members (excludes halogenated alkanes) is 32. The molecule has 0 fully saturated rings. The lowest BCUT2D eigenvalue weighted by Gasteiger charge is -2.18. The third-order valence-electron chi connectivity index (χ3n) is 13.7. The van der Waals surface area contributed by atoms with Gasteiger partial charge >= 0.3 is 17.9 Å². The Balaban J connectivity index is 3.96. The van der Waals surface area contributed by atoms with Crippen molar-refractivity contribution in [1.82, 2.24) is 0 Å². The molecule has 0 saturated carbocycles. The molecule has 0 bridgehead atoms. The lowest BCUT2D eigenvalue weighted by atomic mass is 10.0. The molecule has 1 atom stereocenters. The predicted octanol–water partition coefficient (Wildman–Crippen LogP) is 21.5. The topological polar surface area (TPSA) is 78.9 Å². The van der Waals surface area contributed by atoms with Crippen LogP contribution < -0.4 is 0 Å². The van der Waals surface area contributed by atoms with Crippen LogP contribution >= 0.6 is 0 Å². The minimum atomic E-state index is -0.769. The summed E-state index contributed by atoms with van der Waals surface area (Å²) in [4.78, 5) is 37.8. The first-order valence-electron chi connectivity index (χ1n) is 31.6. The third kappa shape index (κ3) is 59.5. The largest absolute Gasteiger partial charge is 0.462 e. The minimum Gasteiger partial charge on any atom is -0.462 e. The first kappa shape index (κ1) is 70.6. The van der Waals surface area contributed by atoms with Gasteiger partial charge in [0.2, 0.25) is 0 Å². The van der Waals surface area contributed by atoms with Crippen molar-refractivity contribution in [3.63, 3.8) is 0 Å². The Hall–Kier alpha value is -3.41. The van der Waals surface area contributed by atoms with Crippen molar-refractivity contribution in [3.8, 4) is 0 Å². The van der Waals surface area contributed by atoms with Gasteiger partial charge in [0, 0.05) is 19.3 Å². The highest BCUT2D eigenvalue weighted by Gasteiger charge is 2.19. The average molecular weight is 1030 g/mol. The number of hydrogen-bond donors (Lipinski definition) is 0. The van der Waals surface area contributed by atoms with Crippen LogP contribution in [0.25, 0.3) is 0 Å². The molecule has 74 heavy (non-hydrogen) atoms. The number of carbonyl (C=O) groups excluding carboxylic acids is 3. The van der Waals surface area contributed by atoms with Crippen LogP contribution in [0.1, 0.15) is 310 Å². The summed E-state index contributed by atoms with van der Waals surface area (Å²) in [6.07, 6.45) is 82.1. The van der Waals surface area contributed by atoms with Gasteiger partial charge in [-0.05, 0) is 77.0 Å². The van der Waals surface area contributed by atoms with Crippen LogP contribution in [0.2, 0.25) is 0 Å². The second-order valence-electron chi connectivity index (χ2n) is 21.0. The molecule has 0 aliphatic rings. The number of carbonyl (C=O) groups is 3. The molecule has 6 heteroatoms. The molecule has 426 valence electrons. The van der Waals surface area contributed by atoms with Crippen molar-refractivity contribution >= 4 is 17.9 Å². The summed E-state index contributed by atoms with van der Waals surface area (Å²) in [6, 6.07) is 0. The van der Waals surface area contributed by atoms with Gasteiger partial charge in [0.15, 0.2) is 6.10 Å². The Morgan fingerprint density at radius 1 is 0.284 bits per heavy atom. The van der Waals surface area contributed by atoms with Gasteiger partial charge in [0.1, 0.15) is 13.2 Å². The number of rotatable bonds is 57. The Morgan fingerprint density at radius 3 is 0.824 bits per heavy atom. The van der Waals surface area contributed by atoms with E-state index in [-0.39, 0.29) is 31.1 Å². The molecule has 0 amide bonds. The number of hydrogen-bond acceptors (Lipinski definition) is 6. The fraction of sp³-hybridized carbons (Fsp3) is 0.750. The molecule has 0 radical (unpaired) electrons. The molecule has 0 aliphatic carbocycles. The van der Waals surface area contributed by atoms with E-state index in [1.165, 1.54) is 161 Å². The molecule has 0 aliphatic heterocycles. The van der Waals surface area contributed by atoms with Crippen molar-refractivity contribution in [2.24, 2.45) is 0 Å². The lowest BCUT2D eigenvalue weighted by molar-refractivity contribution is -0.167. The molecule has 0 saturated heterocycles. The molecule has 0 heterocycles. The van der Waals surface area contributed by atoms with Gasteiger partial charge in [-0.3, -0.25) is 14.4 Å². The molecule has 0 rings (SSSR count). The maximum atomic E-state index is 12.8. The van der Waals surface area contributed by atoms with E-state index in [0.29, 0.717) is 19.3 Å². The monoisotopic (exact) mass is 1030 g/mol. The van der Waals surface area contributed by atoms with Gasteiger partial charge in [-0.1, -0.05) is 298 Å². The van der Waals surface area contributed by atoms with E-state index in [9.17, 15) is 14.4 Å². The van der Waals surface area contributed by atoms with E-state index in [1.807, 2.05) is 0 Å². The maximum absolute atomic E-state index is 12.8. The fourth-order valence-corrected chi connectivity index (χ4v) is 8.95. The first-order chi connectivity index (χ1) is 36.5. The van der Waals surface area contributed by atoms with E-state index in [0.717, 1.165) is 109 Å². The normalized spacial score (nSPS) is 12.6. The zero-order valence-corrected chi connectivity index (χ0v) is 48.8. The molecular formula is C68H118O6. The zero-order valence-electron chi connectivity index (χ0n) is 48.8. The van der Waals surface area contributed by atoms with Gasteiger partial charge in [-0.25, -0.2) is 0 Å². The quantitative estimate of drug-likeness (QED) is 0.0261. The number of esters is 3. The number of ether oxygens (including phenoxy) is 3. The summed E-state index contributed by atoms with van der Waals surface area (Å²) in [6.45, 7) is 6.47. The van der Waals surface area contributed by atoms with Crippen LogP contribution in [-0.4, -0.2) is 37.2 Å². The van der Waals surface area contributed by atoms with E-state index in [4.69, 9.17) is 14.2 Å². The van der Waals surface area contributed by atoms with Crippen molar-refractivity contribution in [2.45, 2.75) is 316 Å². The van der Waals surface area contributed by atoms with Gasteiger partial charge in [0.05, 0.1) is 0 Å². The first-order valence-corrected chi connectivity index (χ1v) is 31.6. The van der Waals surface area contributed by atoms with E-state index in [1.54, 1.807) is 0 Å². The van der Waals surface area contributed by atoms with Gasteiger partial charge in [0.25, 0.3) is 0 Å². The van der Waals surface area contributed by atoms with Gasteiger partial charge in [-0.15, -0.1) is 0 Å². The van der Waals surface area contributed by atoms with E-state index >= 15 is 0 Å². The molecule has 0 aromatic heterocycles. The molecule has 0 aromatic rings. The van der Waals surface area contributed by atoms with Crippen LogP contribution in [0.4, 0.5) is 0 Å². The summed E-state index contributed by atoms with van der Waals surface area (Å²) in [5.74, 6) is -0.875. The second kappa shape index (κ2) is 62.1. The average Bonchev–Trinajstić information content (AvgIpc) is 3.40. The van der Waals surface area contributed by atoms with Crippen molar-refractivity contribution in [3.05, 3.63) is 85.1 Å². The van der Waals surface area contributed by atoms with E-state index < -0.39 is 6.10 Å². The highest BCUT2D eigenvalue weighted by Crippen LogP contribution is 2.17. The Labute approximate surface area is 458 Å². The SMILES string of the molecule is CC/C=C\C/C=C\C/C=C\C/C=C\C/C=C\C/C=C\C/C=C\CCCCCCCCCCCCCCCC(=O)OCC(COC(=O)CCCCCCC)OC(=O)CCCCCCCCCCCCCCCCCC. The zero-order chi connectivity index (χ0) is 53.6. The Bertz CT molecular complexity index is 1420. The lowest BCUT2D eigenvalue weighted by Crippen LogP contribution is -2.30. The highest BCUT2D eigenvalue weighted by atomic mass is 16.6. The molecular weight excluding hydrogens is 913 g/mol. The summed E-state index contributed by atoms with van der Waals surface area (Å²) in [7, 11) is 0. The molecule has 0 N–H and O–H groups in total. The molecule has 1 unspecified atom stereocenters. The van der Waals surface area contributed by atoms with Crippen LogP contribution in [0.15, 0.2) is 85.1 Å². The van der Waals surface area contributed by atoms with Crippen molar-refractivity contribution in [1.29, 1.82) is 0 Å². The van der Waals surface area contributed by atoms with Crippen molar-refractivity contribution in [2.75, 3.05) is 13.2 Å². The van der Waals surface area contributed by atoms with E-state index in [2.05, 4.69) is 106 Å². The number of allylic oxidation sites excluding steroid dienone is 14. The smallest absolute Gasteiger partial charge is 0.306 e. The van der Waals surface area contributed by atoms with Gasteiger partial charge < -0.3 is 14.2 Å². The van der Waals surface area contributed by atoms with Gasteiger partial charge in [-0.2, -0.15) is 0 Å². The fourth-order valence-electron chi connectivity index (χ4n) is 8.95. The second-order valence-corrected chi connectivity index (χ2v) is 21.0. The minimum absolute atomic E-state index is 0.0724. The summed E-state index contributed by atoms with van der Waals surface area (Å²) in [5, 5.41) is 0. The molecule has 0 spiro atoms.